The van der Waals surface area contributed by atoms with Crippen LogP contribution in [0.25, 0.3) is 0 Å². The lowest BCUT2D eigenvalue weighted by Gasteiger charge is -2.21. The third kappa shape index (κ3) is 8.13. The van der Waals surface area contributed by atoms with E-state index in [1.165, 1.54) is 0 Å². The van der Waals surface area contributed by atoms with Crippen molar-refractivity contribution in [3.63, 3.8) is 0 Å². The standard InChI is InChI=1S/C17H32N6OSi/c1-8-22(14-24-10-11-25(5,6)7)15(3)20-17(18-4)21-16-12-19-23(9-2)13-16/h8,12-13H,1,9-11,14H2,2-7H3,(H,18,21)/b20-15+. The second-order valence-electron chi connectivity index (χ2n) is 6.92. The van der Waals surface area contributed by atoms with Crippen molar-refractivity contribution in [2.45, 2.75) is 46.1 Å². The Morgan fingerprint density at radius 1 is 1.48 bits per heavy atom. The van der Waals surface area contributed by atoms with E-state index < -0.39 is 8.07 Å². The number of hydrogen-bond acceptors (Lipinski definition) is 3. The van der Waals surface area contributed by atoms with E-state index in [0.29, 0.717) is 12.7 Å². The number of guanidine groups is 1. The van der Waals surface area contributed by atoms with Crippen LogP contribution in [-0.4, -0.2) is 54.9 Å². The highest BCUT2D eigenvalue weighted by Gasteiger charge is 2.13. The summed E-state index contributed by atoms with van der Waals surface area (Å²) in [6, 6.07) is 1.14. The van der Waals surface area contributed by atoms with Crippen LogP contribution in [0, 0.1) is 0 Å². The second kappa shape index (κ2) is 10.1. The van der Waals surface area contributed by atoms with Gasteiger partial charge in [0.1, 0.15) is 12.6 Å². The number of hydrogen-bond donors (Lipinski definition) is 1. The molecule has 1 aromatic rings. The summed E-state index contributed by atoms with van der Waals surface area (Å²) in [4.78, 5) is 10.6. The Balaban J connectivity index is 2.62. The lowest BCUT2D eigenvalue weighted by atomic mass is 10.5. The Hall–Kier alpha value is -1.93. The molecule has 0 unspecified atom stereocenters. The third-order valence-corrected chi connectivity index (χ3v) is 5.26. The average molecular weight is 365 g/mol. The van der Waals surface area contributed by atoms with Gasteiger partial charge in [-0.3, -0.25) is 9.67 Å². The van der Waals surface area contributed by atoms with E-state index >= 15 is 0 Å². The summed E-state index contributed by atoms with van der Waals surface area (Å²) >= 11 is 0. The molecule has 0 fully saturated rings. The number of ether oxygens (including phenoxy) is 1. The summed E-state index contributed by atoms with van der Waals surface area (Å²) in [6.07, 6.45) is 5.39. The number of rotatable bonds is 8. The van der Waals surface area contributed by atoms with Gasteiger partial charge >= 0.3 is 0 Å². The molecule has 0 aliphatic carbocycles. The van der Waals surface area contributed by atoms with Gasteiger partial charge < -0.3 is 15.0 Å². The molecule has 1 rings (SSSR count). The van der Waals surface area contributed by atoms with Crippen LogP contribution in [-0.2, 0) is 11.3 Å². The predicted octanol–water partition coefficient (Wildman–Crippen LogP) is 3.48. The fourth-order valence-corrected chi connectivity index (χ4v) is 2.66. The molecular weight excluding hydrogens is 332 g/mol. The molecule has 0 amide bonds. The molecule has 0 saturated carbocycles. The van der Waals surface area contributed by atoms with E-state index in [4.69, 9.17) is 4.74 Å². The van der Waals surface area contributed by atoms with E-state index in [0.717, 1.165) is 30.7 Å². The van der Waals surface area contributed by atoms with Crippen molar-refractivity contribution in [1.82, 2.24) is 14.7 Å². The minimum atomic E-state index is -1.08. The maximum atomic E-state index is 5.77. The molecule has 1 aromatic heterocycles. The van der Waals surface area contributed by atoms with Crippen molar-refractivity contribution >= 4 is 25.6 Å². The first-order valence-electron chi connectivity index (χ1n) is 8.57. The minimum absolute atomic E-state index is 0.439. The van der Waals surface area contributed by atoms with E-state index in [9.17, 15) is 0 Å². The van der Waals surface area contributed by atoms with Gasteiger partial charge in [0.15, 0.2) is 0 Å². The number of aliphatic imine (C=N–C) groups is 2. The molecular formula is C17H32N6OSi. The molecule has 1 heterocycles. The number of anilines is 1. The summed E-state index contributed by atoms with van der Waals surface area (Å²) in [5.41, 5.74) is 0.857. The largest absolute Gasteiger partial charge is 0.361 e. The molecule has 0 spiro atoms. The van der Waals surface area contributed by atoms with Crippen molar-refractivity contribution in [1.29, 1.82) is 0 Å². The Kier molecular flexibility index (Phi) is 8.57. The molecule has 0 saturated heterocycles. The van der Waals surface area contributed by atoms with E-state index in [1.54, 1.807) is 19.4 Å². The first-order chi connectivity index (χ1) is 11.8. The van der Waals surface area contributed by atoms with Crippen LogP contribution in [0.1, 0.15) is 13.8 Å². The molecule has 1 N–H and O–H groups in total. The van der Waals surface area contributed by atoms with Crippen LogP contribution < -0.4 is 5.32 Å². The van der Waals surface area contributed by atoms with Gasteiger partial charge in [0, 0.05) is 40.7 Å². The van der Waals surface area contributed by atoms with Crippen molar-refractivity contribution in [2.75, 3.05) is 25.7 Å². The maximum Gasteiger partial charge on any atom is 0.224 e. The zero-order valence-electron chi connectivity index (χ0n) is 16.4. The highest BCUT2D eigenvalue weighted by Crippen LogP contribution is 2.08. The molecule has 0 aromatic carbocycles. The summed E-state index contributed by atoms with van der Waals surface area (Å²) in [7, 11) is 0.621. The first kappa shape index (κ1) is 21.1. The molecule has 0 aliphatic rings. The second-order valence-corrected chi connectivity index (χ2v) is 12.5. The van der Waals surface area contributed by atoms with Crippen LogP contribution in [0.4, 0.5) is 5.69 Å². The van der Waals surface area contributed by atoms with Crippen molar-refractivity contribution in [3.05, 3.63) is 25.2 Å². The Bertz CT molecular complexity index is 603. The van der Waals surface area contributed by atoms with Crippen molar-refractivity contribution < 1.29 is 4.74 Å². The lowest BCUT2D eigenvalue weighted by Crippen LogP contribution is -2.29. The Morgan fingerprint density at radius 2 is 2.20 bits per heavy atom. The fraction of sp³-hybridized carbons (Fsp3) is 0.588. The smallest absolute Gasteiger partial charge is 0.224 e. The van der Waals surface area contributed by atoms with Gasteiger partial charge in [0.2, 0.25) is 5.96 Å². The number of aromatic nitrogens is 2. The maximum absolute atomic E-state index is 5.77. The van der Waals surface area contributed by atoms with Gasteiger partial charge in [-0.1, -0.05) is 26.2 Å². The summed E-state index contributed by atoms with van der Waals surface area (Å²) in [5.74, 6) is 1.28. The quantitative estimate of drug-likeness (QED) is 0.252. The zero-order valence-corrected chi connectivity index (χ0v) is 17.4. The fourth-order valence-electron chi connectivity index (χ4n) is 1.90. The molecule has 0 radical (unpaired) electrons. The van der Waals surface area contributed by atoms with Gasteiger partial charge in [-0.25, -0.2) is 4.99 Å². The number of nitrogens with zero attached hydrogens (tertiary/aromatic N) is 5. The predicted molar refractivity (Wildman–Crippen MR) is 109 cm³/mol. The summed E-state index contributed by atoms with van der Waals surface area (Å²) in [5, 5.41) is 7.39. The van der Waals surface area contributed by atoms with Crippen LogP contribution in [0.5, 0.6) is 0 Å². The van der Waals surface area contributed by atoms with Gasteiger partial charge in [0.05, 0.1) is 11.9 Å². The topological polar surface area (TPSA) is 67.0 Å². The first-order valence-corrected chi connectivity index (χ1v) is 12.3. The average Bonchev–Trinajstić information content (AvgIpc) is 3.00. The third-order valence-electron chi connectivity index (χ3n) is 3.56. The lowest BCUT2D eigenvalue weighted by molar-refractivity contribution is 0.0934. The van der Waals surface area contributed by atoms with E-state index in [-0.39, 0.29) is 0 Å². The normalized spacial score (nSPS) is 13.0. The molecule has 0 atom stereocenters. The van der Waals surface area contributed by atoms with E-state index in [1.807, 2.05) is 29.6 Å². The zero-order chi connectivity index (χ0) is 18.9. The van der Waals surface area contributed by atoms with Crippen molar-refractivity contribution in [3.8, 4) is 0 Å². The van der Waals surface area contributed by atoms with Crippen LogP contribution in [0.3, 0.4) is 0 Å². The molecule has 0 aliphatic heterocycles. The highest BCUT2D eigenvalue weighted by molar-refractivity contribution is 6.76. The number of amidine groups is 1. The van der Waals surface area contributed by atoms with Crippen LogP contribution >= 0.6 is 0 Å². The minimum Gasteiger partial charge on any atom is -0.361 e. The molecule has 140 valence electrons. The van der Waals surface area contributed by atoms with Gasteiger partial charge in [-0.2, -0.15) is 5.10 Å². The van der Waals surface area contributed by atoms with Crippen molar-refractivity contribution in [2.24, 2.45) is 9.98 Å². The number of nitrogens with one attached hydrogen (secondary N) is 1. The summed E-state index contributed by atoms with van der Waals surface area (Å²) in [6.45, 7) is 16.8. The van der Waals surface area contributed by atoms with Crippen LogP contribution in [0.2, 0.25) is 25.7 Å². The van der Waals surface area contributed by atoms with Crippen LogP contribution in [0.15, 0.2) is 35.2 Å². The monoisotopic (exact) mass is 364 g/mol. The summed E-state index contributed by atoms with van der Waals surface area (Å²) < 4.78 is 7.61. The SMILES string of the molecule is C=CN(COCC[Si](C)(C)C)/C(C)=N/C(=N\C)Nc1cnn(CC)c1. The molecule has 25 heavy (non-hydrogen) atoms. The molecule has 7 nitrogen and oxygen atoms in total. The highest BCUT2D eigenvalue weighted by atomic mass is 28.3. The molecule has 0 bridgehead atoms. The van der Waals surface area contributed by atoms with Gasteiger partial charge in [-0.15, -0.1) is 0 Å². The number of aryl methyl sites for hydroxylation is 1. The Morgan fingerprint density at radius 3 is 2.72 bits per heavy atom. The van der Waals surface area contributed by atoms with Gasteiger partial charge in [0.25, 0.3) is 0 Å². The molecule has 8 heteroatoms. The van der Waals surface area contributed by atoms with E-state index in [2.05, 4.69) is 46.6 Å². The van der Waals surface area contributed by atoms with Gasteiger partial charge in [-0.05, 0) is 19.9 Å². The Labute approximate surface area is 152 Å².